The number of hydrogen-bond acceptors (Lipinski definition) is 9. The monoisotopic (exact) mass is 603 g/mol. The molecule has 1 aromatic heterocycles. The van der Waals surface area contributed by atoms with Gasteiger partial charge in [-0.05, 0) is 51.5 Å². The van der Waals surface area contributed by atoms with Crippen molar-refractivity contribution in [3.63, 3.8) is 0 Å². The summed E-state index contributed by atoms with van der Waals surface area (Å²) in [4.78, 5) is 26.4. The van der Waals surface area contributed by atoms with Gasteiger partial charge in [-0.15, -0.1) is 0 Å². The third kappa shape index (κ3) is 6.09. The van der Waals surface area contributed by atoms with E-state index in [2.05, 4.69) is 31.4 Å². The summed E-state index contributed by atoms with van der Waals surface area (Å²) in [5.41, 5.74) is 3.29. The Morgan fingerprint density at radius 3 is 2.87 bits per heavy atom. The zero-order chi connectivity index (χ0) is 23.1. The van der Waals surface area contributed by atoms with Gasteiger partial charge in [-0.25, -0.2) is 10.4 Å². The fraction of sp³-hybridized carbons (Fsp3) is 0.222. The molecule has 0 aliphatic heterocycles. The highest BCUT2D eigenvalue weighted by molar-refractivity contribution is 14.1. The molecule has 13 heteroatoms. The molecule has 2 rings (SSSR count). The van der Waals surface area contributed by atoms with Gasteiger partial charge in [0.2, 0.25) is 11.6 Å². The van der Waals surface area contributed by atoms with Crippen LogP contribution in [0.3, 0.4) is 0 Å². The topological polar surface area (TPSA) is 160 Å². The number of nitrogens with zero attached hydrogens (tertiary/aromatic N) is 4. The third-order valence-corrected chi connectivity index (χ3v) is 5.65. The number of carbonyl (C=O) groups excluding carboxylic acids is 1. The number of pyridine rings is 1. The maximum Gasteiger partial charge on any atom is 0.312 e. The van der Waals surface area contributed by atoms with Crippen molar-refractivity contribution in [2.24, 2.45) is 5.10 Å². The average Bonchev–Trinajstić information content (AvgIpc) is 2.72. The molecule has 0 saturated heterocycles. The van der Waals surface area contributed by atoms with E-state index >= 15 is 0 Å². The van der Waals surface area contributed by atoms with Crippen molar-refractivity contribution < 1.29 is 24.3 Å². The van der Waals surface area contributed by atoms with Crippen LogP contribution in [0.15, 0.2) is 21.7 Å². The molecule has 2 aromatic rings. The molecule has 0 saturated carbocycles. The second-order valence-corrected chi connectivity index (χ2v) is 7.88. The number of aryl methyl sites for hydroxylation is 1. The van der Waals surface area contributed by atoms with Crippen LogP contribution in [-0.4, -0.2) is 40.9 Å². The summed E-state index contributed by atoms with van der Waals surface area (Å²) in [5, 5.41) is 33.8. The number of nitriles is 1. The number of aromatic nitrogens is 1. The molecule has 2 N–H and O–H groups in total. The number of benzene rings is 1. The van der Waals surface area contributed by atoms with E-state index in [0.717, 1.165) is 6.07 Å². The van der Waals surface area contributed by atoms with Crippen LogP contribution in [0.25, 0.3) is 0 Å². The Bertz CT molecular complexity index is 1100. The molecule has 0 aliphatic carbocycles. The first-order valence-corrected chi connectivity index (χ1v) is 10.3. The molecule has 162 valence electrons. The summed E-state index contributed by atoms with van der Waals surface area (Å²) >= 11 is 5.11. The van der Waals surface area contributed by atoms with Crippen molar-refractivity contribution in [2.45, 2.75) is 13.5 Å². The van der Waals surface area contributed by atoms with Crippen molar-refractivity contribution in [3.8, 4) is 17.7 Å². The van der Waals surface area contributed by atoms with Crippen molar-refractivity contribution in [1.29, 1.82) is 5.26 Å². The lowest BCUT2D eigenvalue weighted by Gasteiger charge is -2.13. The van der Waals surface area contributed by atoms with Crippen molar-refractivity contribution in [2.75, 3.05) is 13.7 Å². The molecule has 1 amide bonds. The number of phenolic OH excluding ortho intramolecular Hbond substituents is 1. The number of rotatable bonds is 8. The van der Waals surface area contributed by atoms with Crippen LogP contribution in [-0.2, 0) is 16.1 Å². The third-order valence-electron chi connectivity index (χ3n) is 3.77. The summed E-state index contributed by atoms with van der Waals surface area (Å²) in [6.07, 6.45) is 1.19. The van der Waals surface area contributed by atoms with Gasteiger partial charge in [0.05, 0.1) is 27.0 Å². The van der Waals surface area contributed by atoms with E-state index < -0.39 is 28.9 Å². The fourth-order valence-electron chi connectivity index (χ4n) is 2.38. The highest BCUT2D eigenvalue weighted by Crippen LogP contribution is 2.32. The van der Waals surface area contributed by atoms with Crippen LogP contribution in [0, 0.1) is 31.9 Å². The van der Waals surface area contributed by atoms with E-state index in [0.29, 0.717) is 21.3 Å². The maximum absolute atomic E-state index is 12.0. The lowest BCUT2D eigenvalue weighted by Crippen LogP contribution is -2.25. The molecule has 0 fully saturated rings. The molecule has 11 nitrogen and oxygen atoms in total. The number of carbonyl (C=O) groups is 1. The quantitative estimate of drug-likeness (QED) is 0.202. The second kappa shape index (κ2) is 11.0. The SMILES string of the molecule is COCc1c(Br)c(C)nc(OCC(=O)NN=Cc2cc(I)c(O)c([N+](=O)[O-])c2)c1C#N. The Hall–Kier alpha value is -2.83. The normalized spacial score (nSPS) is 10.7. The first-order chi connectivity index (χ1) is 14.7. The Balaban J connectivity index is 2.09. The molecule has 1 aromatic carbocycles. The van der Waals surface area contributed by atoms with E-state index in [1.54, 1.807) is 29.5 Å². The molecule has 0 radical (unpaired) electrons. The lowest BCUT2D eigenvalue weighted by atomic mass is 10.1. The van der Waals surface area contributed by atoms with Crippen molar-refractivity contribution in [3.05, 3.63) is 52.7 Å². The van der Waals surface area contributed by atoms with Gasteiger partial charge in [0.15, 0.2) is 6.61 Å². The molecule has 31 heavy (non-hydrogen) atoms. The molecule has 1 heterocycles. The van der Waals surface area contributed by atoms with E-state index in [-0.39, 0.29) is 21.6 Å². The molecular weight excluding hydrogens is 589 g/mol. The van der Waals surface area contributed by atoms with E-state index in [9.17, 15) is 25.3 Å². The Morgan fingerprint density at radius 2 is 2.26 bits per heavy atom. The fourth-order valence-corrected chi connectivity index (χ4v) is 3.41. The molecule has 0 atom stereocenters. The predicted molar refractivity (Wildman–Crippen MR) is 121 cm³/mol. The number of aromatic hydroxyl groups is 1. The first-order valence-electron chi connectivity index (χ1n) is 8.39. The number of halogens is 2. The van der Waals surface area contributed by atoms with Crippen LogP contribution in [0.1, 0.15) is 22.4 Å². The van der Waals surface area contributed by atoms with Gasteiger partial charge in [0.1, 0.15) is 11.6 Å². The molecule has 0 unspecified atom stereocenters. The van der Waals surface area contributed by atoms with Crippen LogP contribution in [0.2, 0.25) is 0 Å². The van der Waals surface area contributed by atoms with Gasteiger partial charge in [0, 0.05) is 28.8 Å². The number of hydrazone groups is 1. The summed E-state index contributed by atoms with van der Waals surface area (Å²) in [5.74, 6) is -1.10. The summed E-state index contributed by atoms with van der Waals surface area (Å²) < 4.78 is 11.4. The number of phenols is 1. The van der Waals surface area contributed by atoms with Crippen molar-refractivity contribution >= 4 is 56.3 Å². The summed E-state index contributed by atoms with van der Waals surface area (Å²) in [6.45, 7) is 1.39. The predicted octanol–water partition coefficient (Wildman–Crippen LogP) is 2.92. The summed E-state index contributed by atoms with van der Waals surface area (Å²) in [6, 6.07) is 4.57. The smallest absolute Gasteiger partial charge is 0.312 e. The molecule has 0 aliphatic rings. The molecule has 0 spiro atoms. The highest BCUT2D eigenvalue weighted by Gasteiger charge is 2.19. The zero-order valence-electron chi connectivity index (χ0n) is 16.2. The Kier molecular flexibility index (Phi) is 8.65. The number of ether oxygens (including phenoxy) is 2. The standard InChI is InChI=1S/C18H15BrIN5O6/c1-9-16(19)12(7-30-2)11(5-21)18(23-9)31-8-15(26)24-22-6-10-3-13(20)17(27)14(4-10)25(28)29/h3-4,6,27H,7-8H2,1-2H3,(H,24,26). The number of methoxy groups -OCH3 is 1. The average molecular weight is 604 g/mol. The van der Waals surface area contributed by atoms with E-state index in [1.165, 1.54) is 19.4 Å². The van der Waals surface area contributed by atoms with Gasteiger partial charge < -0.3 is 14.6 Å². The Morgan fingerprint density at radius 1 is 1.55 bits per heavy atom. The van der Waals surface area contributed by atoms with E-state index in [1.807, 2.05) is 6.07 Å². The molecular formula is C18H15BrIN5O6. The number of nitro groups is 1. The first kappa shape index (κ1) is 24.4. The number of nitro benzene ring substituents is 1. The second-order valence-electron chi connectivity index (χ2n) is 5.92. The zero-order valence-corrected chi connectivity index (χ0v) is 19.9. The van der Waals surface area contributed by atoms with E-state index in [4.69, 9.17) is 9.47 Å². The van der Waals surface area contributed by atoms with Gasteiger partial charge in [0.25, 0.3) is 5.91 Å². The van der Waals surface area contributed by atoms with Crippen LogP contribution >= 0.6 is 38.5 Å². The number of hydrogen-bond donors (Lipinski definition) is 2. The molecule has 0 bridgehead atoms. The lowest BCUT2D eigenvalue weighted by molar-refractivity contribution is -0.386. The van der Waals surface area contributed by atoms with Crippen LogP contribution in [0.5, 0.6) is 11.6 Å². The van der Waals surface area contributed by atoms with Gasteiger partial charge >= 0.3 is 5.69 Å². The number of nitrogens with one attached hydrogen (secondary N) is 1. The highest BCUT2D eigenvalue weighted by atomic mass is 127. The maximum atomic E-state index is 12.0. The Labute approximate surface area is 198 Å². The number of amides is 1. The van der Waals surface area contributed by atoms with Crippen LogP contribution in [0.4, 0.5) is 5.69 Å². The summed E-state index contributed by atoms with van der Waals surface area (Å²) in [7, 11) is 1.49. The van der Waals surface area contributed by atoms with Gasteiger partial charge in [-0.2, -0.15) is 10.4 Å². The minimum Gasteiger partial charge on any atom is -0.501 e. The van der Waals surface area contributed by atoms with Gasteiger partial charge in [-0.3, -0.25) is 14.9 Å². The van der Waals surface area contributed by atoms with Crippen molar-refractivity contribution in [1.82, 2.24) is 10.4 Å². The minimum atomic E-state index is -0.723. The largest absolute Gasteiger partial charge is 0.501 e. The van der Waals surface area contributed by atoms with Gasteiger partial charge in [-0.1, -0.05) is 0 Å². The van der Waals surface area contributed by atoms with Crippen LogP contribution < -0.4 is 10.2 Å². The minimum absolute atomic E-state index is 0.0157.